The van der Waals surface area contributed by atoms with Crippen molar-refractivity contribution in [2.75, 3.05) is 5.32 Å². The first-order valence-electron chi connectivity index (χ1n) is 12.5. The van der Waals surface area contributed by atoms with Crippen LogP contribution in [0.4, 0.5) is 5.69 Å². The Morgan fingerprint density at radius 3 is 1.97 bits per heavy atom. The summed E-state index contributed by atoms with van der Waals surface area (Å²) in [6, 6.07) is 18.4. The van der Waals surface area contributed by atoms with Gasteiger partial charge in [-0.15, -0.1) is 0 Å². The fourth-order valence-electron chi connectivity index (χ4n) is 4.35. The first-order valence-corrected chi connectivity index (χ1v) is 12.5. The second-order valence-electron chi connectivity index (χ2n) is 10.5. The molecule has 190 valence electrons. The number of hydrogen-bond acceptors (Lipinski definition) is 3. The number of carboxylic acid groups (broad SMARTS) is 1. The van der Waals surface area contributed by atoms with E-state index < -0.39 is 29.3 Å². The Kier molecular flexibility index (Phi) is 10.5. The van der Waals surface area contributed by atoms with Crippen LogP contribution in [0.5, 0.6) is 0 Å². The van der Waals surface area contributed by atoms with Crippen LogP contribution in [0.2, 0.25) is 0 Å². The molecule has 0 spiro atoms. The molecule has 0 aromatic heterocycles. The average molecular weight is 481 g/mol. The van der Waals surface area contributed by atoms with Gasteiger partial charge in [-0.05, 0) is 48.3 Å². The van der Waals surface area contributed by atoms with E-state index in [0.29, 0.717) is 12.1 Å². The van der Waals surface area contributed by atoms with Gasteiger partial charge in [0.1, 0.15) is 6.04 Å². The number of benzene rings is 2. The smallest absolute Gasteiger partial charge is 0.306 e. The lowest BCUT2D eigenvalue weighted by atomic mass is 9.80. The highest BCUT2D eigenvalue weighted by Gasteiger charge is 2.36. The molecule has 0 saturated carbocycles. The minimum absolute atomic E-state index is 0.129. The number of carboxylic acids is 1. The topological polar surface area (TPSA) is 95.5 Å². The van der Waals surface area contributed by atoms with Gasteiger partial charge >= 0.3 is 5.97 Å². The molecule has 2 amide bonds. The van der Waals surface area contributed by atoms with Crippen molar-refractivity contribution in [1.29, 1.82) is 0 Å². The van der Waals surface area contributed by atoms with Gasteiger partial charge in [0.25, 0.3) is 0 Å². The maximum Gasteiger partial charge on any atom is 0.306 e. The number of aliphatic carboxylic acids is 1. The molecule has 0 fully saturated rings. The van der Waals surface area contributed by atoms with Gasteiger partial charge in [0, 0.05) is 11.6 Å². The Hall–Kier alpha value is -3.15. The molecule has 0 aliphatic rings. The summed E-state index contributed by atoms with van der Waals surface area (Å²) in [5.41, 5.74) is 1.26. The van der Waals surface area contributed by atoms with Gasteiger partial charge in [-0.3, -0.25) is 14.4 Å². The molecule has 4 atom stereocenters. The molecule has 0 unspecified atom stereocenters. The van der Waals surface area contributed by atoms with Crippen LogP contribution in [0, 0.1) is 17.3 Å². The quantitative estimate of drug-likeness (QED) is 0.355. The van der Waals surface area contributed by atoms with Crippen molar-refractivity contribution >= 4 is 23.5 Å². The number of nitrogens with one attached hydrogen (secondary N) is 2. The molecule has 0 aliphatic heterocycles. The number of carbonyl (C=O) groups excluding carboxylic acids is 2. The molecular formula is C29H40N2O4. The minimum atomic E-state index is -0.927. The fourth-order valence-corrected chi connectivity index (χ4v) is 4.35. The van der Waals surface area contributed by atoms with E-state index in [1.807, 2.05) is 57.2 Å². The average Bonchev–Trinajstić information content (AvgIpc) is 2.81. The molecule has 0 saturated heterocycles. The molecule has 0 aliphatic carbocycles. The summed E-state index contributed by atoms with van der Waals surface area (Å²) >= 11 is 0. The monoisotopic (exact) mass is 480 g/mol. The van der Waals surface area contributed by atoms with Crippen LogP contribution in [0.15, 0.2) is 60.7 Å². The van der Waals surface area contributed by atoms with E-state index in [-0.39, 0.29) is 24.2 Å². The number of para-hydroxylation sites is 1. The zero-order valence-corrected chi connectivity index (χ0v) is 21.6. The summed E-state index contributed by atoms with van der Waals surface area (Å²) in [6.45, 7) is 9.45. The lowest BCUT2D eigenvalue weighted by Gasteiger charge is -2.33. The highest BCUT2D eigenvalue weighted by molar-refractivity contribution is 5.98. The maximum atomic E-state index is 13.6. The molecule has 35 heavy (non-hydrogen) atoms. The minimum Gasteiger partial charge on any atom is -0.481 e. The zero-order chi connectivity index (χ0) is 26.0. The van der Waals surface area contributed by atoms with Crippen molar-refractivity contribution in [2.45, 2.75) is 72.3 Å². The summed E-state index contributed by atoms with van der Waals surface area (Å²) in [4.78, 5) is 38.4. The van der Waals surface area contributed by atoms with Crippen LogP contribution in [0.25, 0.3) is 0 Å². The van der Waals surface area contributed by atoms with Crippen molar-refractivity contribution in [3.63, 3.8) is 0 Å². The van der Waals surface area contributed by atoms with Crippen molar-refractivity contribution in [3.05, 3.63) is 66.2 Å². The van der Waals surface area contributed by atoms with Gasteiger partial charge in [-0.2, -0.15) is 0 Å². The predicted octanol–water partition coefficient (Wildman–Crippen LogP) is 5.86. The second-order valence-corrected chi connectivity index (χ2v) is 10.5. The number of carbonyl (C=O) groups is 3. The summed E-state index contributed by atoms with van der Waals surface area (Å²) < 4.78 is 0. The third-order valence-electron chi connectivity index (χ3n) is 6.36. The van der Waals surface area contributed by atoms with Crippen molar-refractivity contribution in [1.82, 2.24) is 5.32 Å². The summed E-state index contributed by atoms with van der Waals surface area (Å²) in [7, 11) is 0. The SMILES string of the molecule is CCC[C@H](C[C@@H](C[C@H](C)C(=O)O)C(=O)N[C@H](C(=O)Nc1ccccc1)C(C)(C)C)c1ccccc1. The van der Waals surface area contributed by atoms with E-state index in [0.717, 1.165) is 18.4 Å². The normalized spacial score (nSPS) is 14.9. The lowest BCUT2D eigenvalue weighted by molar-refractivity contribution is -0.142. The predicted molar refractivity (Wildman–Crippen MR) is 140 cm³/mol. The highest BCUT2D eigenvalue weighted by Crippen LogP contribution is 2.32. The molecule has 6 nitrogen and oxygen atoms in total. The molecule has 6 heteroatoms. The van der Waals surface area contributed by atoms with Crippen LogP contribution in [0.1, 0.15) is 71.8 Å². The zero-order valence-electron chi connectivity index (χ0n) is 21.6. The molecule has 2 aromatic rings. The van der Waals surface area contributed by atoms with E-state index in [1.165, 1.54) is 0 Å². The van der Waals surface area contributed by atoms with E-state index in [4.69, 9.17) is 0 Å². The van der Waals surface area contributed by atoms with Crippen LogP contribution in [-0.4, -0.2) is 28.9 Å². The van der Waals surface area contributed by atoms with Gasteiger partial charge in [-0.1, -0.05) is 89.6 Å². The third kappa shape index (κ3) is 8.85. The first-order chi connectivity index (χ1) is 16.5. The van der Waals surface area contributed by atoms with Gasteiger partial charge in [0.05, 0.1) is 5.92 Å². The lowest BCUT2D eigenvalue weighted by Crippen LogP contribution is -2.53. The first kappa shape index (κ1) is 28.1. The summed E-state index contributed by atoms with van der Waals surface area (Å²) in [5, 5.41) is 15.4. The molecule has 2 rings (SSSR count). The Morgan fingerprint density at radius 1 is 0.886 bits per heavy atom. The van der Waals surface area contributed by atoms with Gasteiger partial charge < -0.3 is 15.7 Å². The maximum absolute atomic E-state index is 13.6. The third-order valence-corrected chi connectivity index (χ3v) is 6.36. The summed E-state index contributed by atoms with van der Waals surface area (Å²) in [5.74, 6) is -2.58. The molecular weight excluding hydrogens is 440 g/mol. The van der Waals surface area contributed by atoms with Crippen LogP contribution >= 0.6 is 0 Å². The van der Waals surface area contributed by atoms with Gasteiger partial charge in [0.2, 0.25) is 11.8 Å². The highest BCUT2D eigenvalue weighted by atomic mass is 16.4. The van der Waals surface area contributed by atoms with E-state index in [9.17, 15) is 19.5 Å². The number of amides is 2. The molecule has 3 N–H and O–H groups in total. The Labute approximate surface area is 209 Å². The van der Waals surface area contributed by atoms with Crippen molar-refractivity contribution in [2.24, 2.45) is 17.3 Å². The second kappa shape index (κ2) is 13.1. The standard InChI is InChI=1S/C29H40N2O4/c1-6-13-22(21-14-9-7-10-15-21)19-23(18-20(2)28(34)35)26(32)31-25(29(3,4)5)27(33)30-24-16-11-8-12-17-24/h7-12,14-17,20,22-23,25H,6,13,18-19H2,1-5H3,(H,30,33)(H,31,32)(H,34,35)/t20-,22+,23+,25+/m0/s1. The van der Waals surface area contributed by atoms with Crippen LogP contribution in [0.3, 0.4) is 0 Å². The fraction of sp³-hybridized carbons (Fsp3) is 0.483. The number of rotatable bonds is 12. The van der Waals surface area contributed by atoms with Crippen molar-refractivity contribution in [3.8, 4) is 0 Å². The molecule has 0 radical (unpaired) electrons. The Morgan fingerprint density at radius 2 is 1.46 bits per heavy atom. The molecule has 0 bridgehead atoms. The Balaban J connectivity index is 2.28. The van der Waals surface area contributed by atoms with Crippen LogP contribution in [-0.2, 0) is 14.4 Å². The molecule has 0 heterocycles. The van der Waals surface area contributed by atoms with Crippen molar-refractivity contribution < 1.29 is 19.5 Å². The van der Waals surface area contributed by atoms with Gasteiger partial charge in [-0.25, -0.2) is 0 Å². The van der Waals surface area contributed by atoms with E-state index in [1.54, 1.807) is 19.1 Å². The number of hydrogen-bond donors (Lipinski definition) is 3. The molecule has 2 aromatic carbocycles. The Bertz CT molecular complexity index is 954. The van der Waals surface area contributed by atoms with Gasteiger partial charge in [0.15, 0.2) is 0 Å². The van der Waals surface area contributed by atoms with Crippen LogP contribution < -0.4 is 10.6 Å². The summed E-state index contributed by atoms with van der Waals surface area (Å²) in [6.07, 6.45) is 2.59. The van der Waals surface area contributed by atoms with E-state index >= 15 is 0 Å². The number of anilines is 1. The largest absolute Gasteiger partial charge is 0.481 e. The van der Waals surface area contributed by atoms with E-state index in [2.05, 4.69) is 29.7 Å².